The molecule has 2 aromatic heterocycles. The van der Waals surface area contributed by atoms with Gasteiger partial charge in [0.15, 0.2) is 0 Å². The topological polar surface area (TPSA) is 90.1 Å². The summed E-state index contributed by atoms with van der Waals surface area (Å²) in [5, 5.41) is 18.0. The van der Waals surface area contributed by atoms with E-state index in [0.717, 1.165) is 30.1 Å². The van der Waals surface area contributed by atoms with Gasteiger partial charge in [0.2, 0.25) is 0 Å². The molecular weight excluding hydrogens is 387 g/mol. The molecule has 1 aromatic carbocycles. The summed E-state index contributed by atoms with van der Waals surface area (Å²) in [6, 6.07) is 9.63. The average molecular weight is 412 g/mol. The van der Waals surface area contributed by atoms with Gasteiger partial charge in [0, 0.05) is 18.5 Å². The number of carbonyl (C=O) groups is 1. The van der Waals surface area contributed by atoms with Crippen LogP contribution in [0.2, 0.25) is 0 Å². The minimum Gasteiger partial charge on any atom is -0.465 e. The molecule has 30 heavy (non-hydrogen) atoms. The largest absolute Gasteiger partial charge is 0.465 e. The summed E-state index contributed by atoms with van der Waals surface area (Å²) in [6.45, 7) is 2.35. The summed E-state index contributed by atoms with van der Waals surface area (Å²) in [7, 11) is 1.32. The molecule has 0 aliphatic rings. The molecule has 3 aromatic rings. The molecule has 0 aliphatic heterocycles. The molecule has 2 heterocycles. The third-order valence-corrected chi connectivity index (χ3v) is 4.82. The van der Waals surface area contributed by atoms with Gasteiger partial charge < -0.3 is 14.4 Å². The molecule has 0 radical (unpaired) electrons. The molecule has 0 amide bonds. The molecule has 0 saturated carbocycles. The first-order valence-electron chi connectivity index (χ1n) is 9.88. The number of benzene rings is 1. The highest BCUT2D eigenvalue weighted by atomic mass is 19.1. The van der Waals surface area contributed by atoms with Crippen LogP contribution in [-0.2, 0) is 37.2 Å². The van der Waals surface area contributed by atoms with Gasteiger partial charge in [-0.2, -0.15) is 0 Å². The Kier molecular flexibility index (Phi) is 7.24. The van der Waals surface area contributed by atoms with Crippen molar-refractivity contribution in [2.45, 2.75) is 45.8 Å². The van der Waals surface area contributed by atoms with Crippen molar-refractivity contribution in [1.29, 1.82) is 0 Å². The summed E-state index contributed by atoms with van der Waals surface area (Å²) in [4.78, 5) is 16.2. The number of aryl methyl sites for hydroxylation is 3. The van der Waals surface area contributed by atoms with E-state index in [1.165, 1.54) is 25.3 Å². The zero-order valence-electron chi connectivity index (χ0n) is 17.1. The van der Waals surface area contributed by atoms with Crippen LogP contribution >= 0.6 is 0 Å². The summed E-state index contributed by atoms with van der Waals surface area (Å²) in [5.41, 5.74) is 2.49. The summed E-state index contributed by atoms with van der Waals surface area (Å²) in [6.07, 6.45) is 2.78. The van der Waals surface area contributed by atoms with E-state index in [2.05, 4.69) is 19.7 Å². The van der Waals surface area contributed by atoms with Crippen LogP contribution in [0.3, 0.4) is 0 Å². The molecule has 0 fully saturated rings. The monoisotopic (exact) mass is 412 g/mol. The lowest BCUT2D eigenvalue weighted by atomic mass is 10.1. The second-order valence-corrected chi connectivity index (χ2v) is 6.94. The van der Waals surface area contributed by atoms with E-state index in [1.54, 1.807) is 18.2 Å². The van der Waals surface area contributed by atoms with Gasteiger partial charge in [0.1, 0.15) is 17.5 Å². The highest BCUT2D eigenvalue weighted by Gasteiger charge is 2.13. The molecule has 0 spiro atoms. The minimum absolute atomic E-state index is 0.246. The van der Waals surface area contributed by atoms with Crippen molar-refractivity contribution in [3.63, 3.8) is 0 Å². The van der Waals surface area contributed by atoms with E-state index in [0.29, 0.717) is 36.3 Å². The summed E-state index contributed by atoms with van der Waals surface area (Å²) >= 11 is 0. The van der Waals surface area contributed by atoms with Crippen LogP contribution in [-0.4, -0.2) is 37.9 Å². The predicted molar refractivity (Wildman–Crippen MR) is 108 cm³/mol. The highest BCUT2D eigenvalue weighted by molar-refractivity contribution is 5.89. The third-order valence-electron chi connectivity index (χ3n) is 4.82. The predicted octanol–water partition coefficient (Wildman–Crippen LogP) is 2.88. The Morgan fingerprint density at radius 3 is 2.47 bits per heavy atom. The van der Waals surface area contributed by atoms with Crippen molar-refractivity contribution in [2.75, 3.05) is 7.11 Å². The Morgan fingerprint density at radius 2 is 1.80 bits per heavy atom. The van der Waals surface area contributed by atoms with E-state index in [-0.39, 0.29) is 12.4 Å². The zero-order chi connectivity index (χ0) is 21.5. The number of aliphatic hydroxyl groups excluding tert-OH is 1. The normalized spacial score (nSPS) is 10.9. The zero-order valence-corrected chi connectivity index (χ0v) is 17.1. The fraction of sp³-hybridized carbons (Fsp3) is 0.364. The Hall–Kier alpha value is -3.13. The lowest BCUT2D eigenvalue weighted by molar-refractivity contribution is 0.0600. The number of hydrogen-bond donors (Lipinski definition) is 1. The number of halogens is 1. The van der Waals surface area contributed by atoms with E-state index in [4.69, 9.17) is 4.74 Å². The standard InChI is InChI=1S/C22H25FN4O3/c1-3-20-25-26-21(27(20)13-15-7-9-17(23)10-8-15)6-4-5-18-11-16(22(29)30-2)12-19(14-28)24-18/h7-12,28H,3-6,13-14H2,1-2H3. The van der Waals surface area contributed by atoms with Crippen molar-refractivity contribution in [3.05, 3.63) is 76.4 Å². The highest BCUT2D eigenvalue weighted by Crippen LogP contribution is 2.14. The number of aliphatic hydroxyl groups is 1. The SMILES string of the molecule is CCc1nnc(CCCc2cc(C(=O)OC)cc(CO)n2)n1Cc1ccc(F)cc1. The Morgan fingerprint density at radius 1 is 1.10 bits per heavy atom. The second-order valence-electron chi connectivity index (χ2n) is 6.94. The Balaban J connectivity index is 1.71. The van der Waals surface area contributed by atoms with Gasteiger partial charge in [-0.1, -0.05) is 19.1 Å². The van der Waals surface area contributed by atoms with Crippen LogP contribution in [0.1, 0.15) is 52.3 Å². The molecule has 1 N–H and O–H groups in total. The molecule has 0 unspecified atom stereocenters. The van der Waals surface area contributed by atoms with Crippen LogP contribution in [0.15, 0.2) is 36.4 Å². The number of carbonyl (C=O) groups excluding carboxylic acids is 1. The molecule has 3 rings (SSSR count). The third kappa shape index (κ3) is 5.27. The van der Waals surface area contributed by atoms with Gasteiger partial charge in [-0.25, -0.2) is 9.18 Å². The molecule has 158 valence electrons. The van der Waals surface area contributed by atoms with Crippen LogP contribution < -0.4 is 0 Å². The van der Waals surface area contributed by atoms with Crippen molar-refractivity contribution in [3.8, 4) is 0 Å². The van der Waals surface area contributed by atoms with Gasteiger partial charge in [0.25, 0.3) is 0 Å². The molecule has 0 atom stereocenters. The van der Waals surface area contributed by atoms with E-state index >= 15 is 0 Å². The molecule has 0 bridgehead atoms. The smallest absolute Gasteiger partial charge is 0.337 e. The summed E-state index contributed by atoms with van der Waals surface area (Å²) in [5.74, 6) is 1.01. The fourth-order valence-electron chi connectivity index (χ4n) is 3.30. The van der Waals surface area contributed by atoms with E-state index in [1.807, 2.05) is 6.92 Å². The maximum atomic E-state index is 13.2. The average Bonchev–Trinajstić information content (AvgIpc) is 3.15. The van der Waals surface area contributed by atoms with E-state index < -0.39 is 5.97 Å². The maximum absolute atomic E-state index is 13.2. The second kappa shape index (κ2) is 10.1. The van der Waals surface area contributed by atoms with Gasteiger partial charge in [-0.05, 0) is 42.7 Å². The van der Waals surface area contributed by atoms with Gasteiger partial charge in [0.05, 0.1) is 31.5 Å². The number of nitrogens with zero attached hydrogens (tertiary/aromatic N) is 4. The van der Waals surface area contributed by atoms with Crippen molar-refractivity contribution >= 4 is 5.97 Å². The van der Waals surface area contributed by atoms with Crippen LogP contribution in [0.4, 0.5) is 4.39 Å². The van der Waals surface area contributed by atoms with Gasteiger partial charge in [-0.15, -0.1) is 10.2 Å². The Bertz CT molecular complexity index is 1000. The summed E-state index contributed by atoms with van der Waals surface area (Å²) < 4.78 is 20.0. The first-order valence-corrected chi connectivity index (χ1v) is 9.88. The molecule has 0 aliphatic carbocycles. The number of hydrogen-bond acceptors (Lipinski definition) is 6. The number of esters is 1. The number of rotatable bonds is 9. The molecule has 0 saturated heterocycles. The van der Waals surface area contributed by atoms with Gasteiger partial charge >= 0.3 is 5.97 Å². The first kappa shape index (κ1) is 21.6. The van der Waals surface area contributed by atoms with Crippen molar-refractivity contribution in [1.82, 2.24) is 19.7 Å². The maximum Gasteiger partial charge on any atom is 0.337 e. The lowest BCUT2D eigenvalue weighted by Gasteiger charge is -2.10. The quantitative estimate of drug-likeness (QED) is 0.544. The number of methoxy groups -OCH3 is 1. The van der Waals surface area contributed by atoms with Crippen LogP contribution in [0.5, 0.6) is 0 Å². The van der Waals surface area contributed by atoms with Crippen molar-refractivity contribution in [2.24, 2.45) is 0 Å². The van der Waals surface area contributed by atoms with Crippen LogP contribution in [0, 0.1) is 5.82 Å². The van der Waals surface area contributed by atoms with Gasteiger partial charge in [-0.3, -0.25) is 4.98 Å². The Labute approximate surface area is 174 Å². The number of aromatic nitrogens is 4. The molecular formula is C22H25FN4O3. The fourth-order valence-corrected chi connectivity index (χ4v) is 3.30. The van der Waals surface area contributed by atoms with Crippen LogP contribution in [0.25, 0.3) is 0 Å². The molecule has 7 nitrogen and oxygen atoms in total. The minimum atomic E-state index is -0.458. The van der Waals surface area contributed by atoms with Crippen molar-refractivity contribution < 1.29 is 19.0 Å². The number of ether oxygens (including phenoxy) is 1. The molecule has 8 heteroatoms. The number of pyridine rings is 1. The lowest BCUT2D eigenvalue weighted by Crippen LogP contribution is -2.10. The van der Waals surface area contributed by atoms with E-state index in [9.17, 15) is 14.3 Å². The first-order chi connectivity index (χ1) is 14.5.